The highest BCUT2D eigenvalue weighted by Crippen LogP contribution is 2.18. The van der Waals surface area contributed by atoms with Gasteiger partial charge in [-0.3, -0.25) is 0 Å². The molecule has 1 unspecified atom stereocenters. The normalized spacial score (nSPS) is 14.1. The van der Waals surface area contributed by atoms with Gasteiger partial charge in [-0.25, -0.2) is 0 Å². The Kier molecular flexibility index (Phi) is 7.35. The smallest absolute Gasteiger partial charge is 0.0568 e. The van der Waals surface area contributed by atoms with Gasteiger partial charge in [0.1, 0.15) is 0 Å². The van der Waals surface area contributed by atoms with Gasteiger partial charge in [0.15, 0.2) is 0 Å². The van der Waals surface area contributed by atoms with Gasteiger partial charge >= 0.3 is 0 Å². The average Bonchev–Trinajstić information content (AvgIpc) is 2.05. The summed E-state index contributed by atoms with van der Waals surface area (Å²) in [6.07, 6.45) is 5.57. The van der Waals surface area contributed by atoms with Gasteiger partial charge in [0.2, 0.25) is 0 Å². The van der Waals surface area contributed by atoms with Gasteiger partial charge in [0.25, 0.3) is 0 Å². The first-order valence-corrected chi connectivity index (χ1v) is 5.79. The van der Waals surface area contributed by atoms with Crippen LogP contribution in [0, 0.1) is 11.8 Å². The van der Waals surface area contributed by atoms with Crippen LogP contribution in [-0.2, 0) is 0 Å². The van der Waals surface area contributed by atoms with Crippen molar-refractivity contribution in [2.75, 3.05) is 0 Å². The first kappa shape index (κ1) is 13.0. The molecule has 0 spiro atoms. The van der Waals surface area contributed by atoms with Crippen molar-refractivity contribution in [1.29, 1.82) is 0 Å². The number of aliphatic hydroxyl groups excluding tert-OH is 1. The molecule has 0 aliphatic carbocycles. The summed E-state index contributed by atoms with van der Waals surface area (Å²) in [7, 11) is 0. The molecule has 0 amide bonds. The molecule has 1 heteroatoms. The third-order valence-corrected chi connectivity index (χ3v) is 2.87. The Morgan fingerprint density at radius 3 is 1.92 bits per heavy atom. The summed E-state index contributed by atoms with van der Waals surface area (Å²) in [5, 5.41) is 9.82. The van der Waals surface area contributed by atoms with Crippen molar-refractivity contribution in [2.24, 2.45) is 11.8 Å². The summed E-state index contributed by atoms with van der Waals surface area (Å²) >= 11 is 0. The lowest BCUT2D eigenvalue weighted by Crippen LogP contribution is -2.19. The highest BCUT2D eigenvalue weighted by atomic mass is 16.3. The van der Waals surface area contributed by atoms with Gasteiger partial charge in [0, 0.05) is 0 Å². The third kappa shape index (κ3) is 6.09. The highest BCUT2D eigenvalue weighted by Gasteiger charge is 2.14. The van der Waals surface area contributed by atoms with Gasteiger partial charge in [-0.1, -0.05) is 53.4 Å². The topological polar surface area (TPSA) is 20.2 Å². The molecular formula is C12H26O. The van der Waals surface area contributed by atoms with Crippen LogP contribution in [0.3, 0.4) is 0 Å². The molecule has 0 aromatic rings. The summed E-state index contributed by atoms with van der Waals surface area (Å²) < 4.78 is 0. The predicted octanol–water partition coefficient (Wildman–Crippen LogP) is 3.61. The molecule has 0 saturated carbocycles. The zero-order chi connectivity index (χ0) is 10.3. The van der Waals surface area contributed by atoms with E-state index in [1.54, 1.807) is 0 Å². The molecule has 0 aliphatic heterocycles. The van der Waals surface area contributed by atoms with E-state index < -0.39 is 0 Å². The summed E-state index contributed by atoms with van der Waals surface area (Å²) in [5.74, 6) is 1.29. The molecule has 0 fully saturated rings. The SMILES string of the molecule is CCC(CC)C(O)CCCC(C)C. The Morgan fingerprint density at radius 2 is 1.54 bits per heavy atom. The molecule has 0 aromatic carbocycles. The molecule has 0 rings (SSSR count). The van der Waals surface area contributed by atoms with Crippen molar-refractivity contribution >= 4 is 0 Å². The van der Waals surface area contributed by atoms with Gasteiger partial charge in [-0.15, -0.1) is 0 Å². The second-order valence-corrected chi connectivity index (χ2v) is 4.47. The molecule has 0 heterocycles. The quantitative estimate of drug-likeness (QED) is 0.644. The van der Waals surface area contributed by atoms with E-state index in [2.05, 4.69) is 27.7 Å². The maximum atomic E-state index is 9.82. The second kappa shape index (κ2) is 7.37. The second-order valence-electron chi connectivity index (χ2n) is 4.47. The molecule has 1 atom stereocenters. The van der Waals surface area contributed by atoms with Crippen molar-refractivity contribution in [3.8, 4) is 0 Å². The Balaban J connectivity index is 3.53. The number of aliphatic hydroxyl groups is 1. The van der Waals surface area contributed by atoms with E-state index in [4.69, 9.17) is 0 Å². The number of hydrogen-bond acceptors (Lipinski definition) is 1. The third-order valence-electron chi connectivity index (χ3n) is 2.87. The van der Waals surface area contributed by atoms with Crippen LogP contribution in [-0.4, -0.2) is 11.2 Å². The molecule has 80 valence electrons. The van der Waals surface area contributed by atoms with Crippen LogP contribution in [0.15, 0.2) is 0 Å². The van der Waals surface area contributed by atoms with E-state index in [0.29, 0.717) is 5.92 Å². The fraction of sp³-hybridized carbons (Fsp3) is 1.00. The fourth-order valence-corrected chi connectivity index (χ4v) is 1.80. The van der Waals surface area contributed by atoms with Crippen molar-refractivity contribution < 1.29 is 5.11 Å². The fourth-order valence-electron chi connectivity index (χ4n) is 1.80. The van der Waals surface area contributed by atoms with Crippen LogP contribution in [0.2, 0.25) is 0 Å². The maximum Gasteiger partial charge on any atom is 0.0568 e. The van der Waals surface area contributed by atoms with Crippen molar-refractivity contribution in [2.45, 2.75) is 65.9 Å². The average molecular weight is 186 g/mol. The van der Waals surface area contributed by atoms with E-state index in [1.165, 1.54) is 12.8 Å². The lowest BCUT2D eigenvalue weighted by atomic mass is 9.92. The minimum atomic E-state index is -0.0613. The van der Waals surface area contributed by atoms with Crippen LogP contribution in [0.4, 0.5) is 0 Å². The summed E-state index contributed by atoms with van der Waals surface area (Å²) in [5.41, 5.74) is 0. The van der Waals surface area contributed by atoms with E-state index in [0.717, 1.165) is 25.2 Å². The van der Waals surface area contributed by atoms with Crippen LogP contribution in [0.5, 0.6) is 0 Å². The molecular weight excluding hydrogens is 160 g/mol. The maximum absolute atomic E-state index is 9.82. The Morgan fingerprint density at radius 1 is 1.00 bits per heavy atom. The lowest BCUT2D eigenvalue weighted by molar-refractivity contribution is 0.0906. The van der Waals surface area contributed by atoms with Gasteiger partial charge in [0.05, 0.1) is 6.10 Å². The van der Waals surface area contributed by atoms with E-state index in [9.17, 15) is 5.11 Å². The summed E-state index contributed by atoms with van der Waals surface area (Å²) in [6, 6.07) is 0. The van der Waals surface area contributed by atoms with Gasteiger partial charge < -0.3 is 5.11 Å². The molecule has 13 heavy (non-hydrogen) atoms. The zero-order valence-corrected chi connectivity index (χ0v) is 9.71. The molecule has 0 aliphatic rings. The van der Waals surface area contributed by atoms with E-state index in [-0.39, 0.29) is 6.10 Å². The molecule has 0 bridgehead atoms. The van der Waals surface area contributed by atoms with Crippen LogP contribution in [0.1, 0.15) is 59.8 Å². The summed E-state index contributed by atoms with van der Waals surface area (Å²) in [4.78, 5) is 0. The molecule has 1 nitrogen and oxygen atoms in total. The molecule has 0 aromatic heterocycles. The Labute approximate surface area is 83.5 Å². The van der Waals surface area contributed by atoms with Crippen molar-refractivity contribution in [3.05, 3.63) is 0 Å². The number of hydrogen-bond donors (Lipinski definition) is 1. The van der Waals surface area contributed by atoms with Crippen LogP contribution < -0.4 is 0 Å². The Bertz CT molecular complexity index is 106. The first-order valence-electron chi connectivity index (χ1n) is 5.79. The Hall–Kier alpha value is -0.0400. The standard InChI is InChI=1S/C12H26O/c1-5-11(6-2)12(13)9-7-8-10(3)4/h10-13H,5-9H2,1-4H3. The van der Waals surface area contributed by atoms with E-state index in [1.807, 2.05) is 0 Å². The zero-order valence-electron chi connectivity index (χ0n) is 9.71. The van der Waals surface area contributed by atoms with Gasteiger partial charge in [-0.05, 0) is 18.3 Å². The minimum absolute atomic E-state index is 0.0613. The number of rotatable bonds is 7. The monoisotopic (exact) mass is 186 g/mol. The molecule has 0 saturated heterocycles. The molecule has 1 N–H and O–H groups in total. The largest absolute Gasteiger partial charge is 0.393 e. The predicted molar refractivity (Wildman–Crippen MR) is 58.8 cm³/mol. The van der Waals surface area contributed by atoms with E-state index >= 15 is 0 Å². The van der Waals surface area contributed by atoms with Crippen LogP contribution in [0.25, 0.3) is 0 Å². The molecule has 0 radical (unpaired) electrons. The van der Waals surface area contributed by atoms with Gasteiger partial charge in [-0.2, -0.15) is 0 Å². The first-order chi connectivity index (χ1) is 6.11. The lowest BCUT2D eigenvalue weighted by Gasteiger charge is -2.20. The highest BCUT2D eigenvalue weighted by molar-refractivity contribution is 4.66. The summed E-state index contributed by atoms with van der Waals surface area (Å²) in [6.45, 7) is 8.81. The van der Waals surface area contributed by atoms with Crippen LogP contribution >= 0.6 is 0 Å². The van der Waals surface area contributed by atoms with Crippen molar-refractivity contribution in [3.63, 3.8) is 0 Å². The van der Waals surface area contributed by atoms with Crippen molar-refractivity contribution in [1.82, 2.24) is 0 Å². The minimum Gasteiger partial charge on any atom is -0.393 e.